The minimum Gasteiger partial charge on any atom is -0.339 e. The van der Waals surface area contributed by atoms with Gasteiger partial charge < -0.3 is 4.57 Å². The molecule has 0 atom stereocenters. The molecule has 1 aromatic carbocycles. The number of hydrogen-bond acceptors (Lipinski definition) is 5. The zero-order valence-electron chi connectivity index (χ0n) is 10.4. The number of sulfonamides is 2. The van der Waals surface area contributed by atoms with Gasteiger partial charge in [-0.1, -0.05) is 6.07 Å². The highest BCUT2D eigenvalue weighted by Crippen LogP contribution is 2.17. The van der Waals surface area contributed by atoms with Crippen LogP contribution in [0.25, 0.3) is 0 Å². The van der Waals surface area contributed by atoms with Crippen molar-refractivity contribution in [1.82, 2.24) is 9.55 Å². The van der Waals surface area contributed by atoms with Crippen LogP contribution in [-0.4, -0.2) is 26.4 Å². The molecule has 2 aromatic rings. The van der Waals surface area contributed by atoms with E-state index >= 15 is 0 Å². The summed E-state index contributed by atoms with van der Waals surface area (Å²) in [6.07, 6.45) is 2.67. The van der Waals surface area contributed by atoms with Crippen molar-refractivity contribution in [1.29, 1.82) is 0 Å². The quantitative estimate of drug-likeness (QED) is 0.813. The van der Waals surface area contributed by atoms with E-state index in [1.807, 2.05) is 0 Å². The van der Waals surface area contributed by atoms with Crippen molar-refractivity contribution in [2.24, 2.45) is 12.2 Å². The lowest BCUT2D eigenvalue weighted by Gasteiger charge is -2.07. The maximum Gasteiger partial charge on any atom is 0.280 e. The number of nitrogens with one attached hydrogen (secondary N) is 1. The van der Waals surface area contributed by atoms with Crippen molar-refractivity contribution in [3.8, 4) is 0 Å². The predicted octanol–water partition coefficient (Wildman–Crippen LogP) is -0.132. The van der Waals surface area contributed by atoms with Crippen LogP contribution in [0, 0.1) is 0 Å². The molecule has 0 saturated heterocycles. The third-order valence-electron chi connectivity index (χ3n) is 2.37. The molecule has 0 bridgehead atoms. The molecule has 0 fully saturated rings. The Morgan fingerprint density at radius 2 is 1.95 bits per heavy atom. The van der Waals surface area contributed by atoms with Crippen LogP contribution < -0.4 is 9.86 Å². The number of aromatic nitrogens is 2. The van der Waals surface area contributed by atoms with E-state index in [1.165, 1.54) is 35.3 Å². The van der Waals surface area contributed by atoms with E-state index in [0.29, 0.717) is 0 Å². The van der Waals surface area contributed by atoms with Gasteiger partial charge in [0.2, 0.25) is 10.0 Å². The number of anilines is 1. The summed E-state index contributed by atoms with van der Waals surface area (Å²) in [5.41, 5.74) is 0.0854. The Labute approximate surface area is 116 Å². The Kier molecular flexibility index (Phi) is 3.54. The first-order valence-electron chi connectivity index (χ1n) is 5.32. The van der Waals surface area contributed by atoms with E-state index in [9.17, 15) is 16.8 Å². The molecule has 0 aliphatic carbocycles. The van der Waals surface area contributed by atoms with E-state index in [-0.39, 0.29) is 15.6 Å². The summed E-state index contributed by atoms with van der Waals surface area (Å²) in [6.45, 7) is 0. The Bertz CT molecular complexity index is 840. The first kappa shape index (κ1) is 14.5. The van der Waals surface area contributed by atoms with Gasteiger partial charge in [-0.15, -0.1) is 0 Å². The summed E-state index contributed by atoms with van der Waals surface area (Å²) in [7, 11) is -6.14. The molecule has 1 heterocycles. The van der Waals surface area contributed by atoms with Crippen LogP contribution >= 0.6 is 0 Å². The number of imidazole rings is 1. The van der Waals surface area contributed by atoms with E-state index in [1.54, 1.807) is 7.05 Å². The number of nitrogens with zero attached hydrogens (tertiary/aromatic N) is 2. The average molecular weight is 316 g/mol. The molecule has 0 amide bonds. The van der Waals surface area contributed by atoms with Crippen LogP contribution in [0.2, 0.25) is 0 Å². The van der Waals surface area contributed by atoms with E-state index in [0.717, 1.165) is 6.07 Å². The van der Waals surface area contributed by atoms with Crippen LogP contribution in [0.5, 0.6) is 0 Å². The fraction of sp³-hybridized carbons (Fsp3) is 0.100. The van der Waals surface area contributed by atoms with Gasteiger partial charge in [-0.25, -0.2) is 18.5 Å². The second-order valence-corrected chi connectivity index (χ2v) is 7.25. The van der Waals surface area contributed by atoms with Crippen LogP contribution in [-0.2, 0) is 27.1 Å². The summed E-state index contributed by atoms with van der Waals surface area (Å²) in [4.78, 5) is 3.54. The van der Waals surface area contributed by atoms with Crippen LogP contribution in [0.1, 0.15) is 0 Å². The second-order valence-electron chi connectivity index (χ2n) is 4.06. The zero-order chi connectivity index (χ0) is 15.0. The highest BCUT2D eigenvalue weighted by Gasteiger charge is 2.18. The number of primary sulfonamides is 1. The topological polar surface area (TPSA) is 124 Å². The number of hydrogen-bond donors (Lipinski definition) is 2. The summed E-state index contributed by atoms with van der Waals surface area (Å²) < 4.78 is 50.2. The molecule has 0 unspecified atom stereocenters. The fourth-order valence-electron chi connectivity index (χ4n) is 1.47. The Balaban J connectivity index is 2.35. The fourth-order valence-corrected chi connectivity index (χ4v) is 3.06. The van der Waals surface area contributed by atoms with Gasteiger partial charge in [0.25, 0.3) is 10.0 Å². The van der Waals surface area contributed by atoms with E-state index in [2.05, 4.69) is 9.71 Å². The smallest absolute Gasteiger partial charge is 0.280 e. The van der Waals surface area contributed by atoms with Crippen LogP contribution in [0.3, 0.4) is 0 Å². The molecule has 0 spiro atoms. The van der Waals surface area contributed by atoms with Gasteiger partial charge >= 0.3 is 0 Å². The summed E-state index contributed by atoms with van der Waals surface area (Å²) in [5, 5.41) is 4.82. The normalized spacial score (nSPS) is 12.3. The maximum absolute atomic E-state index is 12.0. The molecule has 108 valence electrons. The molecule has 20 heavy (non-hydrogen) atoms. The first-order valence-corrected chi connectivity index (χ1v) is 8.35. The lowest BCUT2D eigenvalue weighted by atomic mass is 10.3. The van der Waals surface area contributed by atoms with Crippen molar-refractivity contribution in [3.63, 3.8) is 0 Å². The lowest BCUT2D eigenvalue weighted by Crippen LogP contribution is -2.15. The SMILES string of the molecule is Cn1cnc(S(=O)(=O)Nc2cccc(S(N)(=O)=O)c2)c1. The molecule has 8 nitrogen and oxygen atoms in total. The summed E-state index contributed by atoms with van der Waals surface area (Å²) in [6, 6.07) is 5.20. The number of benzene rings is 1. The van der Waals surface area contributed by atoms with Gasteiger partial charge in [-0.2, -0.15) is 8.42 Å². The summed E-state index contributed by atoms with van der Waals surface area (Å²) in [5.74, 6) is 0. The Morgan fingerprint density at radius 3 is 2.50 bits per heavy atom. The molecular weight excluding hydrogens is 304 g/mol. The van der Waals surface area contributed by atoms with Gasteiger partial charge in [0.05, 0.1) is 16.9 Å². The predicted molar refractivity (Wildman–Crippen MR) is 71.8 cm³/mol. The minimum atomic E-state index is -3.90. The third-order valence-corrected chi connectivity index (χ3v) is 4.55. The second kappa shape index (κ2) is 4.89. The maximum atomic E-state index is 12.0. The van der Waals surface area contributed by atoms with Crippen LogP contribution in [0.15, 0.2) is 46.7 Å². The highest BCUT2D eigenvalue weighted by molar-refractivity contribution is 7.92. The monoisotopic (exact) mass is 316 g/mol. The van der Waals surface area contributed by atoms with Crippen molar-refractivity contribution >= 4 is 25.7 Å². The van der Waals surface area contributed by atoms with E-state index < -0.39 is 20.0 Å². The number of nitrogens with two attached hydrogens (primary N) is 1. The zero-order valence-corrected chi connectivity index (χ0v) is 12.0. The van der Waals surface area contributed by atoms with Gasteiger partial charge in [-0.05, 0) is 18.2 Å². The molecule has 2 rings (SSSR count). The first-order chi connectivity index (χ1) is 9.18. The number of rotatable bonds is 4. The molecule has 3 N–H and O–H groups in total. The molecule has 10 heteroatoms. The van der Waals surface area contributed by atoms with Crippen molar-refractivity contribution in [2.75, 3.05) is 4.72 Å². The third kappa shape index (κ3) is 3.15. The molecule has 0 radical (unpaired) electrons. The van der Waals surface area contributed by atoms with Gasteiger partial charge in [0.1, 0.15) is 0 Å². The molecule has 0 saturated carbocycles. The van der Waals surface area contributed by atoms with Gasteiger partial charge in [0.15, 0.2) is 5.03 Å². The Hall–Kier alpha value is -1.91. The molecule has 0 aliphatic heterocycles. The standard InChI is InChI=1S/C10H12N4O4S2/c1-14-6-10(12-7-14)20(17,18)13-8-3-2-4-9(5-8)19(11,15)16/h2-7,13H,1H3,(H2,11,15,16). The lowest BCUT2D eigenvalue weighted by molar-refractivity contribution is 0.595. The molecule has 1 aromatic heterocycles. The van der Waals surface area contributed by atoms with Crippen molar-refractivity contribution in [2.45, 2.75) is 9.92 Å². The van der Waals surface area contributed by atoms with Crippen LogP contribution in [0.4, 0.5) is 5.69 Å². The molecular formula is C10H12N4O4S2. The van der Waals surface area contributed by atoms with Crippen molar-refractivity contribution in [3.05, 3.63) is 36.8 Å². The minimum absolute atomic E-state index is 0.0854. The summed E-state index contributed by atoms with van der Waals surface area (Å²) >= 11 is 0. The van der Waals surface area contributed by atoms with Gasteiger partial charge in [0, 0.05) is 13.2 Å². The van der Waals surface area contributed by atoms with Crippen molar-refractivity contribution < 1.29 is 16.8 Å². The van der Waals surface area contributed by atoms with Gasteiger partial charge in [-0.3, -0.25) is 4.72 Å². The average Bonchev–Trinajstić information content (AvgIpc) is 2.75. The highest BCUT2D eigenvalue weighted by atomic mass is 32.2. The van der Waals surface area contributed by atoms with E-state index in [4.69, 9.17) is 5.14 Å². The Morgan fingerprint density at radius 1 is 1.25 bits per heavy atom. The molecule has 0 aliphatic rings. The number of aryl methyl sites for hydroxylation is 1. The largest absolute Gasteiger partial charge is 0.339 e.